The van der Waals surface area contributed by atoms with Crippen LogP contribution in [0.15, 0.2) is 30.5 Å². The predicted octanol–water partition coefficient (Wildman–Crippen LogP) is 3.49. The number of carbonyl (C=O) groups is 1. The number of rotatable bonds is 3. The number of hydrogen-bond acceptors (Lipinski definition) is 3. The number of carbonyl (C=O) groups excluding carboxylic acids is 1. The number of nitrogens with one attached hydrogen (secondary N) is 1. The van der Waals surface area contributed by atoms with E-state index in [2.05, 4.69) is 10.4 Å². The molecule has 1 saturated carbocycles. The number of hydrogen-bond donors (Lipinski definition) is 2. The molecule has 1 aromatic heterocycles. The number of benzene rings is 1. The number of anilines is 2. The van der Waals surface area contributed by atoms with E-state index in [1.807, 2.05) is 4.68 Å². The standard InChI is InChI=1S/C15H17ClN4O/c16-10-5-7-11(8-6-10)18-15(21)13-9-20(19-14(13)17)12-3-1-2-4-12/h5-9,12H,1-4H2,(H2,17,19)(H,18,21). The van der Waals surface area contributed by atoms with Crippen molar-refractivity contribution in [3.8, 4) is 0 Å². The normalized spacial score (nSPS) is 15.3. The Morgan fingerprint density at radius 2 is 1.95 bits per heavy atom. The molecule has 0 aliphatic heterocycles. The van der Waals surface area contributed by atoms with Crippen molar-refractivity contribution in [2.45, 2.75) is 31.7 Å². The number of aromatic nitrogens is 2. The average Bonchev–Trinajstić information content (AvgIpc) is 3.10. The summed E-state index contributed by atoms with van der Waals surface area (Å²) in [6.45, 7) is 0. The molecule has 0 saturated heterocycles. The quantitative estimate of drug-likeness (QED) is 0.911. The Balaban J connectivity index is 1.76. The molecule has 0 atom stereocenters. The Labute approximate surface area is 128 Å². The van der Waals surface area contributed by atoms with Crippen LogP contribution in [-0.4, -0.2) is 15.7 Å². The fraction of sp³-hybridized carbons (Fsp3) is 0.333. The molecule has 21 heavy (non-hydrogen) atoms. The highest BCUT2D eigenvalue weighted by Crippen LogP contribution is 2.30. The van der Waals surface area contributed by atoms with Gasteiger partial charge in [0.05, 0.1) is 6.04 Å². The summed E-state index contributed by atoms with van der Waals surface area (Å²) in [5, 5.41) is 7.71. The van der Waals surface area contributed by atoms with Crippen molar-refractivity contribution in [3.05, 3.63) is 41.0 Å². The lowest BCUT2D eigenvalue weighted by Gasteiger charge is -2.08. The van der Waals surface area contributed by atoms with E-state index < -0.39 is 0 Å². The van der Waals surface area contributed by atoms with Crippen molar-refractivity contribution >= 4 is 29.0 Å². The average molecular weight is 305 g/mol. The fourth-order valence-electron chi connectivity index (χ4n) is 2.67. The smallest absolute Gasteiger partial charge is 0.261 e. The monoisotopic (exact) mass is 304 g/mol. The minimum atomic E-state index is -0.251. The van der Waals surface area contributed by atoms with E-state index in [1.165, 1.54) is 12.8 Å². The summed E-state index contributed by atoms with van der Waals surface area (Å²) >= 11 is 5.82. The van der Waals surface area contributed by atoms with Crippen molar-refractivity contribution in [3.63, 3.8) is 0 Å². The van der Waals surface area contributed by atoms with E-state index in [1.54, 1.807) is 30.5 Å². The molecular formula is C15H17ClN4O. The van der Waals surface area contributed by atoms with Gasteiger partial charge in [0, 0.05) is 16.9 Å². The van der Waals surface area contributed by atoms with Gasteiger partial charge in [-0.05, 0) is 37.1 Å². The van der Waals surface area contributed by atoms with Crippen molar-refractivity contribution in [2.75, 3.05) is 11.1 Å². The van der Waals surface area contributed by atoms with Gasteiger partial charge in [-0.2, -0.15) is 5.10 Å². The molecule has 1 fully saturated rings. The maximum Gasteiger partial charge on any atom is 0.261 e. The molecule has 0 radical (unpaired) electrons. The molecule has 6 heteroatoms. The molecule has 3 N–H and O–H groups in total. The van der Waals surface area contributed by atoms with Crippen LogP contribution in [0.25, 0.3) is 0 Å². The molecule has 1 aromatic carbocycles. The van der Waals surface area contributed by atoms with Crippen LogP contribution in [0.3, 0.4) is 0 Å². The van der Waals surface area contributed by atoms with Gasteiger partial charge in [0.15, 0.2) is 5.82 Å². The number of nitrogens with two attached hydrogens (primary N) is 1. The van der Waals surface area contributed by atoms with Gasteiger partial charge >= 0.3 is 0 Å². The topological polar surface area (TPSA) is 72.9 Å². The highest BCUT2D eigenvalue weighted by molar-refractivity contribution is 6.30. The van der Waals surface area contributed by atoms with E-state index in [-0.39, 0.29) is 11.7 Å². The zero-order valence-corrected chi connectivity index (χ0v) is 12.3. The van der Waals surface area contributed by atoms with Gasteiger partial charge in [-0.3, -0.25) is 9.48 Å². The summed E-state index contributed by atoms with van der Waals surface area (Å²) in [7, 11) is 0. The van der Waals surface area contributed by atoms with Crippen LogP contribution in [0.4, 0.5) is 11.5 Å². The molecule has 0 bridgehead atoms. The van der Waals surface area contributed by atoms with Gasteiger partial charge in [0.2, 0.25) is 0 Å². The van der Waals surface area contributed by atoms with Gasteiger partial charge in [-0.1, -0.05) is 24.4 Å². The summed E-state index contributed by atoms with van der Waals surface area (Å²) in [5.74, 6) is 0.0208. The Morgan fingerprint density at radius 1 is 1.29 bits per heavy atom. The summed E-state index contributed by atoms with van der Waals surface area (Å²) in [4.78, 5) is 12.3. The Kier molecular flexibility index (Phi) is 3.84. The highest BCUT2D eigenvalue weighted by Gasteiger charge is 2.21. The van der Waals surface area contributed by atoms with E-state index in [0.29, 0.717) is 22.3 Å². The van der Waals surface area contributed by atoms with Gasteiger partial charge in [-0.25, -0.2) is 0 Å². The maximum atomic E-state index is 12.3. The van der Waals surface area contributed by atoms with Crippen LogP contribution in [0.1, 0.15) is 42.1 Å². The fourth-order valence-corrected chi connectivity index (χ4v) is 2.79. The first kappa shape index (κ1) is 13.9. The van der Waals surface area contributed by atoms with Crippen molar-refractivity contribution < 1.29 is 4.79 Å². The van der Waals surface area contributed by atoms with Crippen molar-refractivity contribution in [1.82, 2.24) is 9.78 Å². The van der Waals surface area contributed by atoms with Crippen LogP contribution < -0.4 is 11.1 Å². The number of amides is 1. The minimum absolute atomic E-state index is 0.251. The molecule has 2 aromatic rings. The number of halogens is 1. The lowest BCUT2D eigenvalue weighted by Crippen LogP contribution is -2.12. The van der Waals surface area contributed by atoms with Gasteiger partial charge < -0.3 is 11.1 Å². The molecule has 5 nitrogen and oxygen atoms in total. The van der Waals surface area contributed by atoms with Crippen molar-refractivity contribution in [2.24, 2.45) is 0 Å². The molecular weight excluding hydrogens is 288 g/mol. The lowest BCUT2D eigenvalue weighted by atomic mass is 10.2. The SMILES string of the molecule is Nc1nn(C2CCCC2)cc1C(=O)Nc1ccc(Cl)cc1. The number of nitrogen functional groups attached to an aromatic ring is 1. The second-order valence-electron chi connectivity index (χ2n) is 5.31. The minimum Gasteiger partial charge on any atom is -0.382 e. The van der Waals surface area contributed by atoms with Crippen LogP contribution in [0, 0.1) is 0 Å². The molecule has 0 spiro atoms. The molecule has 1 heterocycles. The van der Waals surface area contributed by atoms with Crippen molar-refractivity contribution in [1.29, 1.82) is 0 Å². The summed E-state index contributed by atoms with van der Waals surface area (Å²) in [6, 6.07) is 7.31. The summed E-state index contributed by atoms with van der Waals surface area (Å²) in [6.07, 6.45) is 6.35. The third-order valence-corrected chi connectivity index (χ3v) is 4.06. The highest BCUT2D eigenvalue weighted by atomic mass is 35.5. The third kappa shape index (κ3) is 3.03. The summed E-state index contributed by atoms with van der Waals surface area (Å²) in [5.41, 5.74) is 6.97. The van der Waals surface area contributed by atoms with Gasteiger partial charge in [0.25, 0.3) is 5.91 Å². The van der Waals surface area contributed by atoms with E-state index >= 15 is 0 Å². The number of nitrogens with zero attached hydrogens (tertiary/aromatic N) is 2. The second kappa shape index (κ2) is 5.77. The van der Waals surface area contributed by atoms with Crippen LogP contribution in [0.5, 0.6) is 0 Å². The van der Waals surface area contributed by atoms with E-state index in [9.17, 15) is 4.79 Å². The van der Waals surface area contributed by atoms with Gasteiger partial charge in [0.1, 0.15) is 5.56 Å². The van der Waals surface area contributed by atoms with Crippen LogP contribution in [-0.2, 0) is 0 Å². The van der Waals surface area contributed by atoms with Crippen LogP contribution >= 0.6 is 11.6 Å². The molecule has 0 unspecified atom stereocenters. The van der Waals surface area contributed by atoms with Gasteiger partial charge in [-0.15, -0.1) is 0 Å². The maximum absolute atomic E-state index is 12.3. The third-order valence-electron chi connectivity index (χ3n) is 3.81. The Hall–Kier alpha value is -2.01. The predicted molar refractivity (Wildman–Crippen MR) is 83.5 cm³/mol. The Bertz CT molecular complexity index is 644. The lowest BCUT2D eigenvalue weighted by molar-refractivity contribution is 0.102. The Morgan fingerprint density at radius 3 is 2.62 bits per heavy atom. The van der Waals surface area contributed by atoms with E-state index in [0.717, 1.165) is 12.8 Å². The molecule has 3 rings (SSSR count). The largest absolute Gasteiger partial charge is 0.382 e. The molecule has 1 aliphatic carbocycles. The molecule has 110 valence electrons. The van der Waals surface area contributed by atoms with Crippen LogP contribution in [0.2, 0.25) is 5.02 Å². The first-order valence-corrected chi connectivity index (χ1v) is 7.43. The van der Waals surface area contributed by atoms with E-state index in [4.69, 9.17) is 17.3 Å². The zero-order valence-electron chi connectivity index (χ0n) is 11.6. The second-order valence-corrected chi connectivity index (χ2v) is 5.74. The zero-order chi connectivity index (χ0) is 14.8. The molecule has 1 amide bonds. The molecule has 1 aliphatic rings. The first-order chi connectivity index (χ1) is 10.1. The first-order valence-electron chi connectivity index (χ1n) is 7.05. The summed E-state index contributed by atoms with van der Waals surface area (Å²) < 4.78 is 1.83.